The van der Waals surface area contributed by atoms with Crippen LogP contribution in [0.1, 0.15) is 31.7 Å². The number of primary amides is 1. The summed E-state index contributed by atoms with van der Waals surface area (Å²) in [5.41, 5.74) is 6.24. The smallest absolute Gasteiger partial charge is 0.338 e. The Labute approximate surface area is 101 Å². The van der Waals surface area contributed by atoms with Gasteiger partial charge in [-0.2, -0.15) is 0 Å². The second-order valence-corrected chi connectivity index (χ2v) is 5.03. The van der Waals surface area contributed by atoms with Crippen molar-refractivity contribution in [3.8, 4) is 0 Å². The molecule has 0 bridgehead atoms. The molecule has 0 heterocycles. The number of rotatable bonds is 3. The summed E-state index contributed by atoms with van der Waals surface area (Å²) in [4.78, 5) is 11.0. The third-order valence-electron chi connectivity index (χ3n) is 4.03. The van der Waals surface area contributed by atoms with E-state index in [1.807, 2.05) is 25.1 Å². The molecule has 4 heteroatoms. The van der Waals surface area contributed by atoms with Crippen molar-refractivity contribution in [2.45, 2.75) is 32.2 Å². The lowest BCUT2D eigenvalue weighted by molar-refractivity contribution is -0.0887. The Morgan fingerprint density at radius 2 is 2.12 bits per heavy atom. The fourth-order valence-corrected chi connectivity index (χ4v) is 2.50. The zero-order chi connectivity index (χ0) is 12.6. The lowest BCUT2D eigenvalue weighted by Gasteiger charge is -2.27. The molecule has 0 aromatic heterocycles. The van der Waals surface area contributed by atoms with Gasteiger partial charge < -0.3 is 5.73 Å². The van der Waals surface area contributed by atoms with E-state index in [0.717, 1.165) is 6.42 Å². The van der Waals surface area contributed by atoms with Crippen molar-refractivity contribution in [2.24, 2.45) is 11.1 Å². The average Bonchev–Trinajstić information content (AvgIpc) is 3.02. The van der Waals surface area contributed by atoms with Gasteiger partial charge in [0.25, 0.3) is 0 Å². The van der Waals surface area contributed by atoms with E-state index in [-0.39, 0.29) is 11.5 Å². The molecule has 4 nitrogen and oxygen atoms in total. The molecule has 1 aromatic rings. The number of urea groups is 1. The largest absolute Gasteiger partial charge is 0.350 e. The molecule has 17 heavy (non-hydrogen) atoms. The summed E-state index contributed by atoms with van der Waals surface area (Å²) in [5.74, 6) is 0.382. The molecule has 0 spiro atoms. The summed E-state index contributed by atoms with van der Waals surface area (Å²) < 4.78 is 0. The molecule has 1 aliphatic carbocycles. The van der Waals surface area contributed by atoms with Gasteiger partial charge in [0.15, 0.2) is 0 Å². The number of amides is 2. The molecule has 1 aliphatic rings. The number of carbonyl (C=O) groups excluding carboxylic acids is 1. The van der Waals surface area contributed by atoms with Gasteiger partial charge in [-0.25, -0.2) is 9.86 Å². The second-order valence-electron chi connectivity index (χ2n) is 5.03. The van der Waals surface area contributed by atoms with E-state index >= 15 is 0 Å². The van der Waals surface area contributed by atoms with Gasteiger partial charge in [0.05, 0.1) is 6.04 Å². The first-order valence-electron chi connectivity index (χ1n) is 5.79. The summed E-state index contributed by atoms with van der Waals surface area (Å²) in [6, 6.07) is 9.08. The van der Waals surface area contributed by atoms with Gasteiger partial charge in [-0.3, -0.25) is 5.21 Å². The minimum atomic E-state index is -0.794. The third kappa shape index (κ3) is 2.00. The van der Waals surface area contributed by atoms with Crippen LogP contribution in [-0.2, 0) is 0 Å². The van der Waals surface area contributed by atoms with Gasteiger partial charge in [-0.15, -0.1) is 0 Å². The highest BCUT2D eigenvalue weighted by atomic mass is 16.5. The van der Waals surface area contributed by atoms with Crippen molar-refractivity contribution >= 4 is 6.03 Å². The number of hydrogen-bond donors (Lipinski definition) is 2. The summed E-state index contributed by atoms with van der Waals surface area (Å²) in [7, 11) is 0. The second kappa shape index (κ2) is 4.04. The van der Waals surface area contributed by atoms with Crippen molar-refractivity contribution in [2.75, 3.05) is 0 Å². The Kier molecular flexibility index (Phi) is 2.83. The zero-order valence-electron chi connectivity index (χ0n) is 10.1. The van der Waals surface area contributed by atoms with Crippen LogP contribution in [0.15, 0.2) is 30.3 Å². The SMILES string of the molecule is CC(N(O)C(N)=O)C1(C)CC1c1ccccc1. The highest BCUT2D eigenvalue weighted by molar-refractivity contribution is 5.71. The van der Waals surface area contributed by atoms with Crippen LogP contribution in [0.3, 0.4) is 0 Å². The van der Waals surface area contributed by atoms with Crippen LogP contribution >= 0.6 is 0 Å². The van der Waals surface area contributed by atoms with Gasteiger partial charge in [0.1, 0.15) is 0 Å². The predicted octanol–water partition coefficient (Wildman–Crippen LogP) is 2.34. The maximum atomic E-state index is 11.0. The highest BCUT2D eigenvalue weighted by Gasteiger charge is 2.56. The number of nitrogens with two attached hydrogens (primary N) is 1. The fourth-order valence-electron chi connectivity index (χ4n) is 2.50. The molecule has 2 rings (SSSR count). The predicted molar refractivity (Wildman–Crippen MR) is 64.6 cm³/mol. The highest BCUT2D eigenvalue weighted by Crippen LogP contribution is 2.61. The summed E-state index contributed by atoms with van der Waals surface area (Å²) in [5, 5.41) is 10.2. The Balaban J connectivity index is 2.12. The first-order chi connectivity index (χ1) is 7.97. The van der Waals surface area contributed by atoms with Crippen molar-refractivity contribution in [3.63, 3.8) is 0 Å². The number of hydroxylamine groups is 2. The van der Waals surface area contributed by atoms with E-state index in [0.29, 0.717) is 11.0 Å². The van der Waals surface area contributed by atoms with E-state index in [1.165, 1.54) is 5.56 Å². The van der Waals surface area contributed by atoms with E-state index in [4.69, 9.17) is 5.73 Å². The van der Waals surface area contributed by atoms with Crippen LogP contribution in [0.25, 0.3) is 0 Å². The van der Waals surface area contributed by atoms with Gasteiger partial charge in [-0.1, -0.05) is 37.3 Å². The van der Waals surface area contributed by atoms with E-state index in [1.54, 1.807) is 0 Å². The summed E-state index contributed by atoms with van der Waals surface area (Å²) >= 11 is 0. The van der Waals surface area contributed by atoms with Crippen molar-refractivity contribution in [1.29, 1.82) is 0 Å². The third-order valence-corrected chi connectivity index (χ3v) is 4.03. The van der Waals surface area contributed by atoms with Crippen LogP contribution in [0.2, 0.25) is 0 Å². The van der Waals surface area contributed by atoms with Gasteiger partial charge >= 0.3 is 6.03 Å². The Morgan fingerprint density at radius 3 is 2.65 bits per heavy atom. The molecule has 1 aromatic carbocycles. The minimum Gasteiger partial charge on any atom is -0.350 e. The molecule has 3 atom stereocenters. The van der Waals surface area contributed by atoms with Gasteiger partial charge in [0, 0.05) is 0 Å². The maximum absolute atomic E-state index is 11.0. The summed E-state index contributed by atoms with van der Waals surface area (Å²) in [6.45, 7) is 3.90. The van der Waals surface area contributed by atoms with Crippen molar-refractivity contribution in [1.82, 2.24) is 5.06 Å². The lowest BCUT2D eigenvalue weighted by Crippen LogP contribution is -2.44. The van der Waals surface area contributed by atoms with E-state index in [9.17, 15) is 10.0 Å². The molecule has 2 amide bonds. The minimum absolute atomic E-state index is 0.0921. The first kappa shape index (κ1) is 11.9. The Hall–Kier alpha value is -1.55. The molecular formula is C13H18N2O2. The monoisotopic (exact) mass is 234 g/mol. The molecule has 3 unspecified atom stereocenters. The van der Waals surface area contributed by atoms with Crippen LogP contribution in [0.4, 0.5) is 4.79 Å². The maximum Gasteiger partial charge on any atom is 0.338 e. The number of benzene rings is 1. The molecule has 0 saturated heterocycles. The van der Waals surface area contributed by atoms with Crippen LogP contribution in [0.5, 0.6) is 0 Å². The summed E-state index contributed by atoms with van der Waals surface area (Å²) in [6.07, 6.45) is 0.961. The molecule has 92 valence electrons. The van der Waals surface area contributed by atoms with Crippen LogP contribution in [0, 0.1) is 5.41 Å². The van der Waals surface area contributed by atoms with Crippen molar-refractivity contribution < 1.29 is 10.0 Å². The van der Waals surface area contributed by atoms with E-state index in [2.05, 4.69) is 19.1 Å². The molecule has 1 saturated carbocycles. The normalized spacial score (nSPS) is 28.5. The number of nitrogens with zero attached hydrogens (tertiary/aromatic N) is 1. The first-order valence-corrected chi connectivity index (χ1v) is 5.79. The Bertz CT molecular complexity index is 421. The number of hydrogen-bond acceptors (Lipinski definition) is 2. The molecule has 0 aliphatic heterocycles. The lowest BCUT2D eigenvalue weighted by atomic mass is 9.94. The van der Waals surface area contributed by atoms with Crippen LogP contribution < -0.4 is 5.73 Å². The molecular weight excluding hydrogens is 216 g/mol. The Morgan fingerprint density at radius 1 is 1.53 bits per heavy atom. The van der Waals surface area contributed by atoms with Crippen molar-refractivity contribution in [3.05, 3.63) is 35.9 Å². The standard InChI is InChI=1S/C13H18N2O2/c1-9(15(17)12(14)16)13(2)8-11(13)10-6-4-3-5-7-10/h3-7,9,11,17H,8H2,1-2H3,(H2,14,16). The zero-order valence-corrected chi connectivity index (χ0v) is 10.1. The molecule has 3 N–H and O–H groups in total. The number of carbonyl (C=O) groups is 1. The average molecular weight is 234 g/mol. The fraction of sp³-hybridized carbons (Fsp3) is 0.462. The quantitative estimate of drug-likeness (QED) is 0.622. The topological polar surface area (TPSA) is 66.6 Å². The molecule has 0 radical (unpaired) electrons. The van der Waals surface area contributed by atoms with Gasteiger partial charge in [0.2, 0.25) is 0 Å². The van der Waals surface area contributed by atoms with Gasteiger partial charge in [-0.05, 0) is 30.2 Å². The van der Waals surface area contributed by atoms with E-state index < -0.39 is 6.03 Å². The molecule has 1 fully saturated rings. The van der Waals surface area contributed by atoms with Crippen LogP contribution in [-0.4, -0.2) is 22.3 Å².